The summed E-state index contributed by atoms with van der Waals surface area (Å²) in [5.41, 5.74) is -0.970. The number of carboxylic acids is 1. The van der Waals surface area contributed by atoms with Gasteiger partial charge in [-0.1, -0.05) is 0 Å². The second-order valence-corrected chi connectivity index (χ2v) is 5.48. The van der Waals surface area contributed by atoms with E-state index in [0.29, 0.717) is 13.1 Å². The van der Waals surface area contributed by atoms with Crippen molar-refractivity contribution >= 4 is 12.0 Å². The van der Waals surface area contributed by atoms with Gasteiger partial charge in [-0.2, -0.15) is 0 Å². The van der Waals surface area contributed by atoms with Gasteiger partial charge in [-0.25, -0.2) is 4.79 Å². The molecule has 0 spiro atoms. The van der Waals surface area contributed by atoms with E-state index in [1.165, 1.54) is 0 Å². The number of rotatable bonds is 4. The van der Waals surface area contributed by atoms with Crippen molar-refractivity contribution in [3.05, 3.63) is 0 Å². The van der Waals surface area contributed by atoms with Crippen LogP contribution >= 0.6 is 0 Å². The first kappa shape index (κ1) is 14.8. The van der Waals surface area contributed by atoms with Gasteiger partial charge in [0.1, 0.15) is 0 Å². The average molecular weight is 258 g/mol. The minimum atomic E-state index is -0.970. The molecule has 1 heterocycles. The predicted molar refractivity (Wildman–Crippen MR) is 66.2 cm³/mol. The number of nitrogens with zero attached hydrogens (tertiary/aromatic N) is 1. The molecule has 1 saturated heterocycles. The zero-order chi connectivity index (χ0) is 13.8. The molecule has 1 rings (SSSR count). The third-order valence-corrected chi connectivity index (χ3v) is 3.32. The minimum absolute atomic E-state index is 0.0877. The lowest BCUT2D eigenvalue weighted by Crippen LogP contribution is -2.49. The Balaban J connectivity index is 2.43. The molecular weight excluding hydrogens is 236 g/mol. The summed E-state index contributed by atoms with van der Waals surface area (Å²) in [4.78, 5) is 24.4. The van der Waals surface area contributed by atoms with E-state index in [-0.39, 0.29) is 25.1 Å². The van der Waals surface area contributed by atoms with Gasteiger partial charge in [-0.3, -0.25) is 4.79 Å². The van der Waals surface area contributed by atoms with Crippen molar-refractivity contribution in [2.24, 2.45) is 11.3 Å². The van der Waals surface area contributed by atoms with E-state index in [4.69, 9.17) is 10.2 Å². The number of hydrogen-bond donors (Lipinski definition) is 3. The molecule has 0 aromatic rings. The number of nitrogens with one attached hydrogen (secondary N) is 1. The Morgan fingerprint density at radius 3 is 2.67 bits per heavy atom. The number of aliphatic hydroxyl groups excluding tert-OH is 1. The number of amides is 2. The molecule has 1 unspecified atom stereocenters. The molecule has 2 amide bonds. The van der Waals surface area contributed by atoms with Crippen LogP contribution < -0.4 is 5.32 Å². The van der Waals surface area contributed by atoms with Gasteiger partial charge in [0, 0.05) is 26.2 Å². The molecule has 6 heteroatoms. The minimum Gasteiger partial charge on any atom is -0.481 e. The standard InChI is InChI=1S/C12H22N2O4/c1-12(2,10(16)17)8-13-11(18)14-5-3-4-9(6-14)7-15/h9,15H,3-8H2,1-2H3,(H,13,18)(H,16,17). The summed E-state index contributed by atoms with van der Waals surface area (Å²) in [5.74, 6) is -0.799. The number of likely N-dealkylation sites (tertiary alicyclic amines) is 1. The van der Waals surface area contributed by atoms with E-state index in [1.54, 1.807) is 18.7 Å². The van der Waals surface area contributed by atoms with Crippen molar-refractivity contribution in [1.82, 2.24) is 10.2 Å². The number of hydrogen-bond acceptors (Lipinski definition) is 3. The molecule has 1 aliphatic heterocycles. The number of carbonyl (C=O) groups excluding carboxylic acids is 1. The Labute approximate surface area is 107 Å². The van der Waals surface area contributed by atoms with Crippen molar-refractivity contribution in [3.8, 4) is 0 Å². The van der Waals surface area contributed by atoms with Gasteiger partial charge in [0.15, 0.2) is 0 Å². The molecule has 0 radical (unpaired) electrons. The summed E-state index contributed by atoms with van der Waals surface area (Å²) in [7, 11) is 0. The highest BCUT2D eigenvalue weighted by Gasteiger charge is 2.29. The lowest BCUT2D eigenvalue weighted by atomic mass is 9.94. The van der Waals surface area contributed by atoms with Crippen LogP contribution in [0, 0.1) is 11.3 Å². The normalized spacial score (nSPS) is 20.6. The van der Waals surface area contributed by atoms with Crippen LogP contribution in [0.25, 0.3) is 0 Å². The molecule has 0 aromatic heterocycles. The average Bonchev–Trinajstić information content (AvgIpc) is 2.36. The summed E-state index contributed by atoms with van der Waals surface area (Å²) < 4.78 is 0. The maximum absolute atomic E-state index is 11.9. The van der Waals surface area contributed by atoms with Crippen molar-refractivity contribution in [1.29, 1.82) is 0 Å². The van der Waals surface area contributed by atoms with Crippen LogP contribution in [-0.4, -0.2) is 53.4 Å². The van der Waals surface area contributed by atoms with Crippen LogP contribution in [0.4, 0.5) is 4.79 Å². The number of urea groups is 1. The number of piperidine rings is 1. The van der Waals surface area contributed by atoms with Gasteiger partial charge in [0.05, 0.1) is 5.41 Å². The molecule has 0 saturated carbocycles. The quantitative estimate of drug-likeness (QED) is 0.685. The maximum Gasteiger partial charge on any atom is 0.317 e. The fraction of sp³-hybridized carbons (Fsp3) is 0.833. The Morgan fingerprint density at radius 1 is 1.44 bits per heavy atom. The zero-order valence-corrected chi connectivity index (χ0v) is 11.0. The first-order valence-corrected chi connectivity index (χ1v) is 6.24. The molecule has 6 nitrogen and oxygen atoms in total. The Kier molecular flexibility index (Phi) is 4.95. The van der Waals surface area contributed by atoms with E-state index in [0.717, 1.165) is 12.8 Å². The second kappa shape index (κ2) is 6.04. The Hall–Kier alpha value is -1.30. The lowest BCUT2D eigenvalue weighted by molar-refractivity contribution is -0.146. The van der Waals surface area contributed by atoms with Crippen LogP contribution in [0.15, 0.2) is 0 Å². The highest BCUT2D eigenvalue weighted by Crippen LogP contribution is 2.17. The fourth-order valence-corrected chi connectivity index (χ4v) is 1.88. The highest BCUT2D eigenvalue weighted by atomic mass is 16.4. The lowest BCUT2D eigenvalue weighted by Gasteiger charge is -2.32. The van der Waals surface area contributed by atoms with Crippen molar-refractivity contribution in [2.45, 2.75) is 26.7 Å². The molecule has 0 aromatic carbocycles. The topological polar surface area (TPSA) is 89.9 Å². The molecule has 0 bridgehead atoms. The van der Waals surface area contributed by atoms with Crippen molar-refractivity contribution in [2.75, 3.05) is 26.2 Å². The summed E-state index contributed by atoms with van der Waals surface area (Å²) in [5, 5.41) is 20.7. The van der Waals surface area contributed by atoms with Crippen LogP contribution in [-0.2, 0) is 4.79 Å². The predicted octanol–water partition coefficient (Wildman–Crippen LogP) is 0.511. The van der Waals surface area contributed by atoms with E-state index < -0.39 is 11.4 Å². The molecule has 104 valence electrons. The monoisotopic (exact) mass is 258 g/mol. The largest absolute Gasteiger partial charge is 0.481 e. The summed E-state index contributed by atoms with van der Waals surface area (Å²) >= 11 is 0. The maximum atomic E-state index is 11.9. The van der Waals surface area contributed by atoms with Crippen molar-refractivity contribution in [3.63, 3.8) is 0 Å². The van der Waals surface area contributed by atoms with E-state index in [9.17, 15) is 9.59 Å². The first-order chi connectivity index (χ1) is 8.36. The van der Waals surface area contributed by atoms with Crippen LogP contribution in [0.5, 0.6) is 0 Å². The Bertz CT molecular complexity index is 317. The number of aliphatic carboxylic acids is 1. The van der Waals surface area contributed by atoms with E-state index in [2.05, 4.69) is 5.32 Å². The molecule has 0 aliphatic carbocycles. The molecule has 1 atom stereocenters. The van der Waals surface area contributed by atoms with Crippen LogP contribution in [0.2, 0.25) is 0 Å². The smallest absolute Gasteiger partial charge is 0.317 e. The molecule has 1 fully saturated rings. The van der Waals surface area contributed by atoms with Crippen LogP contribution in [0.1, 0.15) is 26.7 Å². The van der Waals surface area contributed by atoms with E-state index >= 15 is 0 Å². The van der Waals surface area contributed by atoms with E-state index in [1.807, 2.05) is 0 Å². The molecule has 1 aliphatic rings. The fourth-order valence-electron chi connectivity index (χ4n) is 1.88. The van der Waals surface area contributed by atoms with Gasteiger partial charge < -0.3 is 20.4 Å². The van der Waals surface area contributed by atoms with Gasteiger partial charge in [0.2, 0.25) is 0 Å². The number of carbonyl (C=O) groups is 2. The number of carboxylic acid groups (broad SMARTS) is 1. The van der Waals surface area contributed by atoms with Gasteiger partial charge in [-0.05, 0) is 32.6 Å². The third kappa shape index (κ3) is 3.87. The summed E-state index contributed by atoms with van der Waals surface area (Å²) in [6, 6.07) is -0.248. The van der Waals surface area contributed by atoms with Gasteiger partial charge in [0.25, 0.3) is 0 Å². The first-order valence-electron chi connectivity index (χ1n) is 6.24. The third-order valence-electron chi connectivity index (χ3n) is 3.32. The molecule has 18 heavy (non-hydrogen) atoms. The second-order valence-electron chi connectivity index (χ2n) is 5.48. The number of aliphatic hydroxyl groups is 1. The van der Waals surface area contributed by atoms with Crippen molar-refractivity contribution < 1.29 is 19.8 Å². The summed E-state index contributed by atoms with van der Waals surface area (Å²) in [6.45, 7) is 4.53. The highest BCUT2D eigenvalue weighted by molar-refractivity contribution is 5.77. The molecular formula is C12H22N2O4. The van der Waals surface area contributed by atoms with Crippen LogP contribution in [0.3, 0.4) is 0 Å². The molecule has 3 N–H and O–H groups in total. The Morgan fingerprint density at radius 2 is 2.11 bits per heavy atom. The summed E-state index contributed by atoms with van der Waals surface area (Å²) in [6.07, 6.45) is 1.81. The zero-order valence-electron chi connectivity index (χ0n) is 11.0. The van der Waals surface area contributed by atoms with Gasteiger partial charge >= 0.3 is 12.0 Å². The van der Waals surface area contributed by atoms with Gasteiger partial charge in [-0.15, -0.1) is 0 Å². The SMILES string of the molecule is CC(C)(CNC(=O)N1CCCC(CO)C1)C(=O)O.